The molecule has 0 saturated heterocycles. The van der Waals surface area contributed by atoms with Gasteiger partial charge in [0.15, 0.2) is 0 Å². The fourth-order valence-corrected chi connectivity index (χ4v) is 1.84. The van der Waals surface area contributed by atoms with Crippen LogP contribution in [0.25, 0.3) is 0 Å². The van der Waals surface area contributed by atoms with Gasteiger partial charge in [0.1, 0.15) is 15.7 Å². The lowest BCUT2D eigenvalue weighted by Crippen LogP contribution is -2.25. The number of nitrogens with one attached hydrogen (secondary N) is 1. The highest BCUT2D eigenvalue weighted by Gasteiger charge is 2.07. The minimum Gasteiger partial charge on any atom is -0.309 e. The van der Waals surface area contributed by atoms with Crippen LogP contribution in [-0.2, 0) is 9.84 Å². The van der Waals surface area contributed by atoms with E-state index in [1.807, 2.05) is 6.92 Å². The summed E-state index contributed by atoms with van der Waals surface area (Å²) in [5, 5.41) is 3.04. The van der Waals surface area contributed by atoms with Gasteiger partial charge in [0, 0.05) is 18.8 Å². The Morgan fingerprint density at radius 2 is 2.12 bits per heavy atom. The Labute approximate surface area is 95.6 Å². The topological polar surface area (TPSA) is 46.2 Å². The van der Waals surface area contributed by atoms with Crippen LogP contribution in [0.5, 0.6) is 0 Å². The molecule has 0 spiro atoms. The highest BCUT2D eigenvalue weighted by atomic mass is 32.2. The fourth-order valence-electron chi connectivity index (χ4n) is 1.35. The summed E-state index contributed by atoms with van der Waals surface area (Å²) in [6, 6.07) is 6.21. The molecular weight excluding hydrogens is 229 g/mol. The minimum atomic E-state index is -2.95. The van der Waals surface area contributed by atoms with Gasteiger partial charge in [0.2, 0.25) is 0 Å². The van der Waals surface area contributed by atoms with Crippen LogP contribution in [0.15, 0.2) is 24.3 Å². The summed E-state index contributed by atoms with van der Waals surface area (Å²) in [5.41, 5.74) is 0.813. The Morgan fingerprint density at radius 3 is 2.69 bits per heavy atom. The summed E-state index contributed by atoms with van der Waals surface area (Å²) in [6.45, 7) is 2.24. The Morgan fingerprint density at radius 1 is 1.44 bits per heavy atom. The molecule has 0 aliphatic rings. The number of halogens is 1. The van der Waals surface area contributed by atoms with Crippen LogP contribution in [-0.4, -0.2) is 27.0 Å². The fraction of sp³-hybridized carbons (Fsp3) is 0.455. The number of hydrogen-bond donors (Lipinski definition) is 1. The summed E-state index contributed by atoms with van der Waals surface area (Å²) < 4.78 is 34.7. The lowest BCUT2D eigenvalue weighted by molar-refractivity contribution is 0.569. The summed E-state index contributed by atoms with van der Waals surface area (Å²) >= 11 is 0. The Kier molecular flexibility index (Phi) is 4.44. The average Bonchev–Trinajstić information content (AvgIpc) is 2.15. The number of benzene rings is 1. The molecular formula is C11H16FNO2S. The summed E-state index contributed by atoms with van der Waals surface area (Å²) in [5.74, 6) is -0.193. The van der Waals surface area contributed by atoms with Crippen LogP contribution in [0.4, 0.5) is 4.39 Å². The van der Waals surface area contributed by atoms with Crippen LogP contribution in [0, 0.1) is 5.82 Å². The van der Waals surface area contributed by atoms with Crippen LogP contribution in [0.2, 0.25) is 0 Å². The summed E-state index contributed by atoms with van der Waals surface area (Å²) in [4.78, 5) is 0. The highest BCUT2D eigenvalue weighted by Crippen LogP contribution is 2.12. The van der Waals surface area contributed by atoms with Crippen molar-refractivity contribution in [1.82, 2.24) is 5.32 Å². The van der Waals surface area contributed by atoms with Crippen LogP contribution in [0.1, 0.15) is 18.5 Å². The minimum absolute atomic E-state index is 0.0579. The van der Waals surface area contributed by atoms with E-state index in [-0.39, 0.29) is 17.6 Å². The standard InChI is InChI=1S/C11H16FNO2S/c1-9(13-6-7-16(2,14)15)10-4-3-5-11(12)8-10/h3-5,8-9,13H,6-7H2,1-2H3/t9-/m1/s1. The van der Waals surface area contributed by atoms with Crippen LogP contribution in [0.3, 0.4) is 0 Å². The van der Waals surface area contributed by atoms with Crippen molar-refractivity contribution in [1.29, 1.82) is 0 Å². The summed E-state index contributed by atoms with van der Waals surface area (Å²) in [7, 11) is -2.95. The van der Waals surface area contributed by atoms with Gasteiger partial charge < -0.3 is 5.32 Å². The van der Waals surface area contributed by atoms with Gasteiger partial charge in [-0.2, -0.15) is 0 Å². The molecule has 1 atom stereocenters. The molecule has 0 radical (unpaired) electrons. The first-order chi connectivity index (χ1) is 7.38. The molecule has 0 saturated carbocycles. The molecule has 0 amide bonds. The Bertz CT molecular complexity index is 445. The molecule has 1 aromatic carbocycles. The van der Waals surface area contributed by atoms with E-state index in [0.717, 1.165) is 5.56 Å². The van der Waals surface area contributed by atoms with Crippen LogP contribution >= 0.6 is 0 Å². The molecule has 0 aliphatic heterocycles. The quantitative estimate of drug-likeness (QED) is 0.855. The SMILES string of the molecule is C[C@@H](NCCS(C)(=O)=O)c1cccc(F)c1. The van der Waals surface area contributed by atoms with Gasteiger partial charge in [-0.25, -0.2) is 12.8 Å². The zero-order valence-electron chi connectivity index (χ0n) is 9.40. The van der Waals surface area contributed by atoms with Crippen molar-refractivity contribution in [2.24, 2.45) is 0 Å². The average molecular weight is 245 g/mol. The van der Waals surface area contributed by atoms with Gasteiger partial charge in [0.05, 0.1) is 5.75 Å². The van der Waals surface area contributed by atoms with E-state index in [1.165, 1.54) is 18.4 Å². The molecule has 0 aliphatic carbocycles. The van der Waals surface area contributed by atoms with Crippen molar-refractivity contribution < 1.29 is 12.8 Å². The largest absolute Gasteiger partial charge is 0.309 e. The second-order valence-corrected chi connectivity index (χ2v) is 6.12. The van der Waals surface area contributed by atoms with Gasteiger partial charge in [0.25, 0.3) is 0 Å². The number of sulfone groups is 1. The van der Waals surface area contributed by atoms with Crippen molar-refractivity contribution >= 4 is 9.84 Å². The maximum Gasteiger partial charge on any atom is 0.148 e. The van der Waals surface area contributed by atoms with Gasteiger partial charge in [-0.3, -0.25) is 0 Å². The van der Waals surface area contributed by atoms with E-state index < -0.39 is 9.84 Å². The first kappa shape index (κ1) is 13.1. The summed E-state index contributed by atoms with van der Waals surface area (Å²) in [6.07, 6.45) is 1.20. The molecule has 5 heteroatoms. The van der Waals surface area contributed by atoms with Gasteiger partial charge in [-0.05, 0) is 24.6 Å². The van der Waals surface area contributed by atoms with Gasteiger partial charge in [-0.15, -0.1) is 0 Å². The third-order valence-corrected chi connectivity index (χ3v) is 3.22. The van der Waals surface area contributed by atoms with Crippen molar-refractivity contribution in [2.45, 2.75) is 13.0 Å². The molecule has 0 unspecified atom stereocenters. The van der Waals surface area contributed by atoms with E-state index in [0.29, 0.717) is 6.54 Å². The van der Waals surface area contributed by atoms with E-state index in [1.54, 1.807) is 12.1 Å². The predicted molar refractivity (Wildman–Crippen MR) is 62.5 cm³/mol. The lowest BCUT2D eigenvalue weighted by Gasteiger charge is -2.13. The molecule has 0 aromatic heterocycles. The second kappa shape index (κ2) is 5.41. The van der Waals surface area contributed by atoms with E-state index in [4.69, 9.17) is 0 Å². The molecule has 0 fully saturated rings. The molecule has 0 bridgehead atoms. The Hall–Kier alpha value is -0.940. The normalized spacial score (nSPS) is 13.7. The third-order valence-electron chi connectivity index (χ3n) is 2.27. The number of hydrogen-bond acceptors (Lipinski definition) is 3. The van der Waals surface area contributed by atoms with Crippen molar-refractivity contribution in [2.75, 3.05) is 18.6 Å². The monoisotopic (exact) mass is 245 g/mol. The zero-order valence-corrected chi connectivity index (χ0v) is 10.2. The van der Waals surface area contributed by atoms with E-state index in [2.05, 4.69) is 5.32 Å². The molecule has 16 heavy (non-hydrogen) atoms. The zero-order chi connectivity index (χ0) is 12.2. The van der Waals surface area contributed by atoms with E-state index in [9.17, 15) is 12.8 Å². The first-order valence-electron chi connectivity index (χ1n) is 5.05. The Balaban J connectivity index is 2.50. The highest BCUT2D eigenvalue weighted by molar-refractivity contribution is 7.90. The molecule has 90 valence electrons. The maximum atomic E-state index is 12.9. The van der Waals surface area contributed by atoms with Crippen molar-refractivity contribution in [3.8, 4) is 0 Å². The second-order valence-electron chi connectivity index (χ2n) is 3.86. The molecule has 1 rings (SSSR count). The number of rotatable bonds is 5. The lowest BCUT2D eigenvalue weighted by atomic mass is 10.1. The third kappa shape index (κ3) is 4.72. The molecule has 3 nitrogen and oxygen atoms in total. The van der Waals surface area contributed by atoms with Crippen LogP contribution < -0.4 is 5.32 Å². The van der Waals surface area contributed by atoms with Crippen molar-refractivity contribution in [3.05, 3.63) is 35.6 Å². The molecule has 1 N–H and O–H groups in total. The van der Waals surface area contributed by atoms with Gasteiger partial charge in [-0.1, -0.05) is 12.1 Å². The predicted octanol–water partition coefficient (Wildman–Crippen LogP) is 1.52. The molecule has 1 aromatic rings. The van der Waals surface area contributed by atoms with E-state index >= 15 is 0 Å². The van der Waals surface area contributed by atoms with Crippen molar-refractivity contribution in [3.63, 3.8) is 0 Å². The molecule has 0 heterocycles. The van der Waals surface area contributed by atoms with Gasteiger partial charge >= 0.3 is 0 Å². The smallest absolute Gasteiger partial charge is 0.148 e. The maximum absolute atomic E-state index is 12.9. The first-order valence-corrected chi connectivity index (χ1v) is 7.11.